The highest BCUT2D eigenvalue weighted by atomic mass is 16.3. The average molecular weight is 330 g/mol. The summed E-state index contributed by atoms with van der Waals surface area (Å²) in [5, 5.41) is 12.7. The van der Waals surface area contributed by atoms with Crippen molar-refractivity contribution >= 4 is 17.5 Å². The second-order valence-electron chi connectivity index (χ2n) is 7.10. The minimum Gasteiger partial charge on any atom is -0.393 e. The molecule has 1 saturated heterocycles. The topological polar surface area (TPSA) is 69.6 Å². The molecule has 1 aliphatic heterocycles. The number of carbonyl (C=O) groups excluding carboxylic acids is 2. The van der Waals surface area contributed by atoms with Crippen LogP contribution >= 0.6 is 0 Å². The quantitative estimate of drug-likeness (QED) is 0.829. The Morgan fingerprint density at radius 1 is 1.25 bits per heavy atom. The van der Waals surface area contributed by atoms with Gasteiger partial charge in [0.2, 0.25) is 11.8 Å². The van der Waals surface area contributed by atoms with Crippen molar-refractivity contribution in [3.05, 3.63) is 29.3 Å². The fourth-order valence-electron chi connectivity index (χ4n) is 3.68. The van der Waals surface area contributed by atoms with Crippen molar-refractivity contribution in [3.63, 3.8) is 0 Å². The molecule has 2 fully saturated rings. The SMILES string of the molecule is Cc1ccc(N2CCC(C(=O)NCC3CCCC3O)C2=O)cc1C. The van der Waals surface area contributed by atoms with Crippen LogP contribution in [0.15, 0.2) is 18.2 Å². The molecule has 2 N–H and O–H groups in total. The number of benzene rings is 1. The third-order valence-corrected chi connectivity index (χ3v) is 5.48. The van der Waals surface area contributed by atoms with Gasteiger partial charge in [-0.15, -0.1) is 0 Å². The number of aryl methyl sites for hydroxylation is 2. The van der Waals surface area contributed by atoms with E-state index in [1.54, 1.807) is 4.90 Å². The highest BCUT2D eigenvalue weighted by molar-refractivity contribution is 6.09. The number of amides is 2. The highest BCUT2D eigenvalue weighted by Crippen LogP contribution is 2.28. The predicted molar refractivity (Wildman–Crippen MR) is 92.7 cm³/mol. The van der Waals surface area contributed by atoms with Gasteiger partial charge in [0.05, 0.1) is 6.10 Å². The van der Waals surface area contributed by atoms with Crippen LogP contribution in [0.25, 0.3) is 0 Å². The van der Waals surface area contributed by atoms with Crippen LogP contribution in [0.3, 0.4) is 0 Å². The Labute approximate surface area is 143 Å². The lowest BCUT2D eigenvalue weighted by molar-refractivity contribution is -0.132. The fraction of sp³-hybridized carbons (Fsp3) is 0.579. The van der Waals surface area contributed by atoms with E-state index in [-0.39, 0.29) is 23.8 Å². The van der Waals surface area contributed by atoms with Gasteiger partial charge in [-0.3, -0.25) is 9.59 Å². The zero-order valence-electron chi connectivity index (χ0n) is 14.4. The number of rotatable bonds is 4. The monoisotopic (exact) mass is 330 g/mol. The van der Waals surface area contributed by atoms with Crippen molar-refractivity contribution in [3.8, 4) is 0 Å². The summed E-state index contributed by atoms with van der Waals surface area (Å²) >= 11 is 0. The summed E-state index contributed by atoms with van der Waals surface area (Å²) in [6.07, 6.45) is 2.98. The molecule has 0 radical (unpaired) electrons. The van der Waals surface area contributed by atoms with Gasteiger partial charge in [-0.25, -0.2) is 0 Å². The Hall–Kier alpha value is -1.88. The van der Waals surface area contributed by atoms with E-state index < -0.39 is 5.92 Å². The first-order valence-electron chi connectivity index (χ1n) is 8.82. The number of hydrogen-bond donors (Lipinski definition) is 2. The molecule has 24 heavy (non-hydrogen) atoms. The lowest BCUT2D eigenvalue weighted by Crippen LogP contribution is -2.40. The Morgan fingerprint density at radius 3 is 2.71 bits per heavy atom. The van der Waals surface area contributed by atoms with Crippen molar-refractivity contribution < 1.29 is 14.7 Å². The number of hydrogen-bond acceptors (Lipinski definition) is 3. The third kappa shape index (κ3) is 3.31. The average Bonchev–Trinajstić information content (AvgIpc) is 3.14. The van der Waals surface area contributed by atoms with Crippen LogP contribution in [-0.2, 0) is 9.59 Å². The third-order valence-electron chi connectivity index (χ3n) is 5.48. The Morgan fingerprint density at radius 2 is 2.04 bits per heavy atom. The second-order valence-corrected chi connectivity index (χ2v) is 7.10. The van der Waals surface area contributed by atoms with E-state index in [9.17, 15) is 14.7 Å². The molecule has 0 aromatic heterocycles. The van der Waals surface area contributed by atoms with Crippen molar-refractivity contribution in [1.29, 1.82) is 0 Å². The van der Waals surface area contributed by atoms with Crippen molar-refractivity contribution in [2.75, 3.05) is 18.0 Å². The molecule has 1 aromatic carbocycles. The molecule has 2 amide bonds. The molecule has 3 rings (SSSR count). The minimum atomic E-state index is -0.606. The summed E-state index contributed by atoms with van der Waals surface area (Å²) < 4.78 is 0. The standard InChI is InChI=1S/C19H26N2O3/c1-12-6-7-15(10-13(12)2)21-9-8-16(19(21)24)18(23)20-11-14-4-3-5-17(14)22/h6-7,10,14,16-17,22H,3-5,8-9,11H2,1-2H3,(H,20,23). The minimum absolute atomic E-state index is 0.122. The van der Waals surface area contributed by atoms with Crippen LogP contribution in [0.1, 0.15) is 36.8 Å². The van der Waals surface area contributed by atoms with Gasteiger partial charge < -0.3 is 15.3 Å². The van der Waals surface area contributed by atoms with E-state index in [0.29, 0.717) is 19.5 Å². The largest absolute Gasteiger partial charge is 0.393 e. The van der Waals surface area contributed by atoms with Gasteiger partial charge in [0, 0.05) is 24.7 Å². The molecular formula is C19H26N2O3. The molecule has 3 unspecified atom stereocenters. The van der Waals surface area contributed by atoms with Crippen molar-refractivity contribution in [1.82, 2.24) is 5.32 Å². The maximum absolute atomic E-state index is 12.6. The normalized spacial score (nSPS) is 26.9. The van der Waals surface area contributed by atoms with E-state index in [1.807, 2.05) is 32.0 Å². The number of aliphatic hydroxyl groups is 1. The van der Waals surface area contributed by atoms with Gasteiger partial charge in [0.25, 0.3) is 0 Å². The Balaban J connectivity index is 1.60. The van der Waals surface area contributed by atoms with Crippen molar-refractivity contribution in [2.45, 2.75) is 45.6 Å². The molecule has 1 saturated carbocycles. The Bertz CT molecular complexity index is 643. The maximum Gasteiger partial charge on any atom is 0.239 e. The van der Waals surface area contributed by atoms with E-state index in [4.69, 9.17) is 0 Å². The highest BCUT2D eigenvalue weighted by Gasteiger charge is 2.38. The van der Waals surface area contributed by atoms with Crippen LogP contribution in [0.2, 0.25) is 0 Å². The van der Waals surface area contributed by atoms with Crippen LogP contribution in [0.5, 0.6) is 0 Å². The molecular weight excluding hydrogens is 304 g/mol. The summed E-state index contributed by atoms with van der Waals surface area (Å²) in [7, 11) is 0. The van der Waals surface area contributed by atoms with Gasteiger partial charge in [-0.1, -0.05) is 12.5 Å². The van der Waals surface area contributed by atoms with E-state index in [1.165, 1.54) is 5.56 Å². The molecule has 1 heterocycles. The summed E-state index contributed by atoms with van der Waals surface area (Å²) in [6, 6.07) is 5.95. The Kier molecular flexibility index (Phi) is 4.90. The number of aliphatic hydroxyl groups excluding tert-OH is 1. The number of nitrogens with zero attached hydrogens (tertiary/aromatic N) is 1. The van der Waals surface area contributed by atoms with Gasteiger partial charge in [-0.2, -0.15) is 0 Å². The van der Waals surface area contributed by atoms with E-state index >= 15 is 0 Å². The van der Waals surface area contributed by atoms with E-state index in [2.05, 4.69) is 5.32 Å². The molecule has 1 aromatic rings. The number of nitrogens with one attached hydrogen (secondary N) is 1. The zero-order chi connectivity index (χ0) is 17.3. The van der Waals surface area contributed by atoms with Crippen LogP contribution in [0, 0.1) is 25.7 Å². The first-order valence-corrected chi connectivity index (χ1v) is 8.82. The van der Waals surface area contributed by atoms with Gasteiger partial charge in [0.15, 0.2) is 0 Å². The number of carbonyl (C=O) groups is 2. The summed E-state index contributed by atoms with van der Waals surface area (Å²) in [5.41, 5.74) is 3.20. The van der Waals surface area contributed by atoms with Gasteiger partial charge in [0.1, 0.15) is 5.92 Å². The molecule has 2 aliphatic rings. The smallest absolute Gasteiger partial charge is 0.239 e. The molecule has 3 atom stereocenters. The first kappa shape index (κ1) is 17.0. The second kappa shape index (κ2) is 6.93. The first-order chi connectivity index (χ1) is 11.5. The predicted octanol–water partition coefficient (Wildman–Crippen LogP) is 1.93. The number of anilines is 1. The fourth-order valence-corrected chi connectivity index (χ4v) is 3.68. The van der Waals surface area contributed by atoms with Gasteiger partial charge in [-0.05, 0) is 56.4 Å². The van der Waals surface area contributed by atoms with Gasteiger partial charge >= 0.3 is 0 Å². The van der Waals surface area contributed by atoms with Crippen molar-refractivity contribution in [2.24, 2.45) is 11.8 Å². The van der Waals surface area contributed by atoms with Crippen LogP contribution in [-0.4, -0.2) is 36.1 Å². The molecule has 5 heteroatoms. The van der Waals surface area contributed by atoms with Crippen LogP contribution < -0.4 is 10.2 Å². The molecule has 0 bridgehead atoms. The maximum atomic E-state index is 12.6. The lowest BCUT2D eigenvalue weighted by atomic mass is 10.0. The summed E-state index contributed by atoms with van der Waals surface area (Å²) in [4.78, 5) is 26.7. The molecule has 5 nitrogen and oxygen atoms in total. The summed E-state index contributed by atoms with van der Waals surface area (Å²) in [6.45, 7) is 5.11. The molecule has 130 valence electrons. The van der Waals surface area contributed by atoms with Crippen LogP contribution in [0.4, 0.5) is 5.69 Å². The molecule has 1 aliphatic carbocycles. The molecule has 0 spiro atoms. The zero-order valence-corrected chi connectivity index (χ0v) is 14.4. The summed E-state index contributed by atoms with van der Waals surface area (Å²) in [5.74, 6) is -0.806. The van der Waals surface area contributed by atoms with E-state index in [0.717, 1.165) is 30.5 Å². The lowest BCUT2D eigenvalue weighted by Gasteiger charge is -2.19.